The highest BCUT2D eigenvalue weighted by Crippen LogP contribution is 2.32. The topological polar surface area (TPSA) is 58.4 Å². The summed E-state index contributed by atoms with van der Waals surface area (Å²) >= 11 is 0. The van der Waals surface area contributed by atoms with Crippen LogP contribution in [0.1, 0.15) is 26.2 Å². The summed E-state index contributed by atoms with van der Waals surface area (Å²) < 4.78 is 0. The fourth-order valence-electron chi connectivity index (χ4n) is 3.03. The Hall–Kier alpha value is -0.610. The Morgan fingerprint density at radius 1 is 1.50 bits per heavy atom. The first kappa shape index (κ1) is 11.9. The second kappa shape index (κ2) is 5.15. The lowest BCUT2D eigenvalue weighted by Crippen LogP contribution is -2.54. The van der Waals surface area contributed by atoms with Gasteiger partial charge in [-0.1, -0.05) is 6.42 Å². The van der Waals surface area contributed by atoms with Crippen LogP contribution in [0, 0.1) is 11.8 Å². The van der Waals surface area contributed by atoms with Crippen LogP contribution in [-0.2, 0) is 4.79 Å². The summed E-state index contributed by atoms with van der Waals surface area (Å²) in [6.07, 6.45) is 3.34. The van der Waals surface area contributed by atoms with Crippen LogP contribution in [0.2, 0.25) is 0 Å². The average Bonchev–Trinajstić information content (AvgIpc) is 2.77. The summed E-state index contributed by atoms with van der Waals surface area (Å²) in [6, 6.07) is 0.334. The average molecular weight is 225 g/mol. The van der Waals surface area contributed by atoms with Gasteiger partial charge in [0.2, 0.25) is 5.91 Å². The Morgan fingerprint density at radius 2 is 2.31 bits per heavy atom. The molecule has 2 aliphatic rings. The van der Waals surface area contributed by atoms with Gasteiger partial charge in [-0.2, -0.15) is 0 Å². The maximum absolute atomic E-state index is 12.4. The second-order valence-corrected chi connectivity index (χ2v) is 5.12. The first-order valence-corrected chi connectivity index (χ1v) is 6.45. The van der Waals surface area contributed by atoms with Crippen LogP contribution < -0.4 is 11.1 Å². The molecule has 0 unspecified atom stereocenters. The molecule has 3 N–H and O–H groups in total. The van der Waals surface area contributed by atoms with E-state index in [0.717, 1.165) is 32.5 Å². The lowest BCUT2D eigenvalue weighted by molar-refractivity contribution is -0.139. The minimum Gasteiger partial charge on any atom is -0.337 e. The molecule has 0 aromatic carbocycles. The lowest BCUT2D eigenvalue weighted by Gasteiger charge is -2.36. The monoisotopic (exact) mass is 225 g/mol. The van der Waals surface area contributed by atoms with Crippen LogP contribution in [0.4, 0.5) is 0 Å². The van der Waals surface area contributed by atoms with E-state index in [2.05, 4.69) is 17.1 Å². The third-order valence-electron chi connectivity index (χ3n) is 4.06. The summed E-state index contributed by atoms with van der Waals surface area (Å²) in [5.74, 6) is 0.974. The molecule has 0 bridgehead atoms. The van der Waals surface area contributed by atoms with Crippen molar-refractivity contribution in [3.63, 3.8) is 0 Å². The van der Waals surface area contributed by atoms with Gasteiger partial charge in [-0.15, -0.1) is 0 Å². The van der Waals surface area contributed by atoms with Gasteiger partial charge < -0.3 is 16.0 Å². The molecule has 4 heteroatoms. The van der Waals surface area contributed by atoms with E-state index in [1.54, 1.807) is 0 Å². The molecule has 1 heterocycles. The van der Waals surface area contributed by atoms with E-state index < -0.39 is 0 Å². The van der Waals surface area contributed by atoms with Gasteiger partial charge >= 0.3 is 0 Å². The third-order valence-corrected chi connectivity index (χ3v) is 4.06. The number of hydrogen-bond donors (Lipinski definition) is 2. The molecule has 1 amide bonds. The van der Waals surface area contributed by atoms with Gasteiger partial charge in [0.1, 0.15) is 0 Å². The minimum atomic E-state index is 0.200. The van der Waals surface area contributed by atoms with Crippen molar-refractivity contribution in [3.05, 3.63) is 0 Å². The molecule has 0 aromatic rings. The van der Waals surface area contributed by atoms with Gasteiger partial charge in [-0.05, 0) is 32.2 Å². The van der Waals surface area contributed by atoms with Gasteiger partial charge in [0.25, 0.3) is 0 Å². The molecule has 92 valence electrons. The number of amides is 1. The zero-order valence-electron chi connectivity index (χ0n) is 10.1. The van der Waals surface area contributed by atoms with Crippen LogP contribution in [-0.4, -0.2) is 43.0 Å². The number of nitrogens with two attached hydrogens (primary N) is 1. The van der Waals surface area contributed by atoms with Crippen LogP contribution in [0.15, 0.2) is 0 Å². The molecule has 0 aromatic heterocycles. The summed E-state index contributed by atoms with van der Waals surface area (Å²) in [4.78, 5) is 14.5. The van der Waals surface area contributed by atoms with E-state index in [1.807, 2.05) is 0 Å². The fraction of sp³-hybridized carbons (Fsp3) is 0.917. The molecule has 1 saturated carbocycles. The molecule has 3 atom stereocenters. The molecule has 0 radical (unpaired) electrons. The van der Waals surface area contributed by atoms with Gasteiger partial charge in [0, 0.05) is 31.6 Å². The molecule has 1 aliphatic heterocycles. The smallest absolute Gasteiger partial charge is 0.226 e. The van der Waals surface area contributed by atoms with Crippen LogP contribution >= 0.6 is 0 Å². The molecule has 4 nitrogen and oxygen atoms in total. The maximum Gasteiger partial charge on any atom is 0.226 e. The number of nitrogens with one attached hydrogen (secondary N) is 1. The van der Waals surface area contributed by atoms with Crippen molar-refractivity contribution in [2.75, 3.05) is 26.2 Å². The molecule has 2 rings (SSSR count). The Labute approximate surface area is 97.6 Å². The molecule has 1 saturated heterocycles. The zero-order valence-corrected chi connectivity index (χ0v) is 10.1. The summed E-state index contributed by atoms with van der Waals surface area (Å²) in [7, 11) is 0. The van der Waals surface area contributed by atoms with E-state index in [0.29, 0.717) is 24.4 Å². The van der Waals surface area contributed by atoms with Crippen LogP contribution in [0.3, 0.4) is 0 Å². The van der Waals surface area contributed by atoms with Gasteiger partial charge in [-0.3, -0.25) is 4.79 Å². The first-order valence-electron chi connectivity index (χ1n) is 6.45. The standard InChI is InChI=1S/C12H23N3O/c1-9-8-14-5-6-15(9)12(16)11-4-2-3-10(11)7-13/h9-11,14H,2-8,13H2,1H3/t9-,10-,11-/m1/s1. The molecular weight excluding hydrogens is 202 g/mol. The van der Waals surface area contributed by atoms with Crippen LogP contribution in [0.25, 0.3) is 0 Å². The second-order valence-electron chi connectivity index (χ2n) is 5.12. The van der Waals surface area contributed by atoms with E-state index in [4.69, 9.17) is 5.73 Å². The van der Waals surface area contributed by atoms with Gasteiger partial charge in [0.15, 0.2) is 0 Å². The van der Waals surface area contributed by atoms with Crippen molar-refractivity contribution in [2.45, 2.75) is 32.2 Å². The number of carbonyl (C=O) groups excluding carboxylic acids is 1. The van der Waals surface area contributed by atoms with Crippen molar-refractivity contribution < 1.29 is 4.79 Å². The highest BCUT2D eigenvalue weighted by atomic mass is 16.2. The van der Waals surface area contributed by atoms with Gasteiger partial charge in [-0.25, -0.2) is 0 Å². The van der Waals surface area contributed by atoms with Crippen molar-refractivity contribution in [1.29, 1.82) is 0 Å². The maximum atomic E-state index is 12.4. The zero-order chi connectivity index (χ0) is 11.5. The molecule has 2 fully saturated rings. The SMILES string of the molecule is C[C@@H]1CNCCN1C(=O)[C@@H]1CCC[C@@H]1CN. The van der Waals surface area contributed by atoms with Crippen molar-refractivity contribution in [2.24, 2.45) is 17.6 Å². The summed E-state index contributed by atoms with van der Waals surface area (Å²) in [6.45, 7) is 5.49. The fourth-order valence-corrected chi connectivity index (χ4v) is 3.03. The third kappa shape index (κ3) is 2.23. The lowest BCUT2D eigenvalue weighted by atomic mass is 9.94. The quantitative estimate of drug-likeness (QED) is 0.705. The normalized spacial score (nSPS) is 35.4. The molecule has 0 spiro atoms. The van der Waals surface area contributed by atoms with Crippen molar-refractivity contribution >= 4 is 5.91 Å². The van der Waals surface area contributed by atoms with E-state index in [-0.39, 0.29) is 5.92 Å². The summed E-state index contributed by atoms with van der Waals surface area (Å²) in [5.41, 5.74) is 5.74. The molecule has 1 aliphatic carbocycles. The van der Waals surface area contributed by atoms with Gasteiger partial charge in [0.05, 0.1) is 0 Å². The summed E-state index contributed by atoms with van der Waals surface area (Å²) in [5, 5.41) is 3.32. The predicted molar refractivity (Wildman–Crippen MR) is 63.9 cm³/mol. The Balaban J connectivity index is 2.00. The number of rotatable bonds is 2. The molecular formula is C12H23N3O. The van der Waals surface area contributed by atoms with Crippen LogP contribution in [0.5, 0.6) is 0 Å². The first-order chi connectivity index (χ1) is 7.74. The van der Waals surface area contributed by atoms with Crippen molar-refractivity contribution in [3.8, 4) is 0 Å². The minimum absolute atomic E-state index is 0.200. The van der Waals surface area contributed by atoms with E-state index in [1.165, 1.54) is 6.42 Å². The Bertz CT molecular complexity index is 253. The van der Waals surface area contributed by atoms with E-state index in [9.17, 15) is 4.79 Å². The largest absolute Gasteiger partial charge is 0.337 e. The highest BCUT2D eigenvalue weighted by molar-refractivity contribution is 5.80. The number of carbonyl (C=O) groups is 1. The van der Waals surface area contributed by atoms with E-state index >= 15 is 0 Å². The number of piperazine rings is 1. The Kier molecular flexibility index (Phi) is 3.82. The highest BCUT2D eigenvalue weighted by Gasteiger charge is 2.36. The Morgan fingerprint density at radius 3 is 3.00 bits per heavy atom. The molecule has 16 heavy (non-hydrogen) atoms. The van der Waals surface area contributed by atoms with Crippen molar-refractivity contribution in [1.82, 2.24) is 10.2 Å². The number of hydrogen-bond acceptors (Lipinski definition) is 3. The number of nitrogens with zero attached hydrogens (tertiary/aromatic N) is 1. The predicted octanol–water partition coefficient (Wildman–Crippen LogP) is 0.182.